The van der Waals surface area contributed by atoms with Crippen LogP contribution in [0, 0.1) is 0 Å². The third-order valence-corrected chi connectivity index (χ3v) is 5.63. The minimum Gasteiger partial charge on any atom is -0.497 e. The smallest absolute Gasteiger partial charge is 0.216 e. The molecule has 2 rings (SSSR count). The van der Waals surface area contributed by atoms with Crippen LogP contribution in [0.5, 0.6) is 5.75 Å². The van der Waals surface area contributed by atoms with Crippen molar-refractivity contribution in [3.8, 4) is 5.75 Å². The van der Waals surface area contributed by atoms with Crippen molar-refractivity contribution in [3.63, 3.8) is 0 Å². The van der Waals surface area contributed by atoms with Gasteiger partial charge in [0, 0.05) is 11.3 Å². The number of nitrogens with two attached hydrogens (primary N) is 1. The zero-order valence-electron chi connectivity index (χ0n) is 14.4. The summed E-state index contributed by atoms with van der Waals surface area (Å²) in [4.78, 5) is 9.82. The van der Waals surface area contributed by atoms with Crippen molar-refractivity contribution in [2.75, 3.05) is 13.7 Å². The van der Waals surface area contributed by atoms with Gasteiger partial charge in [-0.05, 0) is 55.0 Å². The Bertz CT molecular complexity index is 632. The SMILES string of the molecule is CCCOP(O)(=S)c1ccccc1.COc1ccc([C@H](C)N)cc1. The van der Waals surface area contributed by atoms with Gasteiger partial charge in [-0.1, -0.05) is 37.3 Å². The molecule has 2 atom stereocenters. The zero-order valence-corrected chi connectivity index (χ0v) is 16.1. The first-order valence-electron chi connectivity index (χ1n) is 7.83. The van der Waals surface area contributed by atoms with Gasteiger partial charge in [0.05, 0.1) is 13.7 Å². The van der Waals surface area contributed by atoms with Gasteiger partial charge < -0.3 is 19.9 Å². The molecule has 0 aliphatic rings. The maximum absolute atomic E-state index is 9.82. The highest BCUT2D eigenvalue weighted by Crippen LogP contribution is 2.40. The summed E-state index contributed by atoms with van der Waals surface area (Å²) in [5.41, 5.74) is 6.79. The Labute approximate surface area is 149 Å². The van der Waals surface area contributed by atoms with E-state index in [-0.39, 0.29) is 6.04 Å². The standard InChI is InChI=1S/C9H13NO.C9H13O2PS/c1-7(10)8-3-5-9(11-2)6-4-8;1-2-8-11-12(10,13)9-6-4-3-5-7-9/h3-7H,10H2,1-2H3;3-7H,2,8H2,1H3,(H,10,13)/t7-;/m0./s1. The Morgan fingerprint density at radius 3 is 2.17 bits per heavy atom. The van der Waals surface area contributed by atoms with E-state index in [1.807, 2.05) is 56.3 Å². The van der Waals surface area contributed by atoms with Crippen molar-refractivity contribution >= 4 is 23.6 Å². The number of methoxy groups -OCH3 is 1. The highest BCUT2D eigenvalue weighted by atomic mass is 32.5. The second-order valence-electron chi connectivity index (χ2n) is 5.25. The summed E-state index contributed by atoms with van der Waals surface area (Å²) in [6.45, 7) is 1.74. The van der Waals surface area contributed by atoms with Crippen molar-refractivity contribution in [2.45, 2.75) is 26.3 Å². The molecule has 0 heterocycles. The van der Waals surface area contributed by atoms with Crippen LogP contribution >= 0.6 is 6.49 Å². The van der Waals surface area contributed by atoms with Gasteiger partial charge in [-0.2, -0.15) is 0 Å². The number of hydrogen-bond acceptors (Lipinski definition) is 4. The van der Waals surface area contributed by atoms with Crippen LogP contribution in [0.4, 0.5) is 0 Å². The van der Waals surface area contributed by atoms with Crippen LogP contribution in [0.2, 0.25) is 0 Å². The summed E-state index contributed by atoms with van der Waals surface area (Å²) in [6.07, 6.45) is 0.867. The second-order valence-corrected chi connectivity index (χ2v) is 8.55. The first-order valence-corrected chi connectivity index (χ1v) is 10.5. The Hall–Kier alpha value is -1.23. The van der Waals surface area contributed by atoms with E-state index in [0.717, 1.165) is 23.0 Å². The fourth-order valence-electron chi connectivity index (χ4n) is 1.81. The highest BCUT2D eigenvalue weighted by molar-refractivity contribution is 8.13. The Kier molecular flexibility index (Phi) is 9.19. The van der Waals surface area contributed by atoms with E-state index in [2.05, 4.69) is 0 Å². The van der Waals surface area contributed by atoms with Crippen molar-refractivity contribution in [1.82, 2.24) is 0 Å². The topological polar surface area (TPSA) is 64.7 Å². The summed E-state index contributed by atoms with van der Waals surface area (Å²) >= 11 is 5.02. The first-order chi connectivity index (χ1) is 11.4. The lowest BCUT2D eigenvalue weighted by Gasteiger charge is -2.14. The average Bonchev–Trinajstić information content (AvgIpc) is 2.61. The van der Waals surface area contributed by atoms with Crippen LogP contribution in [0.15, 0.2) is 54.6 Å². The molecule has 0 aliphatic heterocycles. The molecule has 0 saturated carbocycles. The van der Waals surface area contributed by atoms with Gasteiger partial charge in [0.1, 0.15) is 5.75 Å². The van der Waals surface area contributed by atoms with Gasteiger partial charge in [0.2, 0.25) is 6.49 Å². The molecular weight excluding hydrogens is 341 g/mol. The molecule has 0 spiro atoms. The number of ether oxygens (including phenoxy) is 1. The minimum absolute atomic E-state index is 0.0981. The lowest BCUT2D eigenvalue weighted by atomic mass is 10.1. The Morgan fingerprint density at radius 1 is 1.12 bits per heavy atom. The fourth-order valence-corrected chi connectivity index (χ4v) is 3.53. The summed E-state index contributed by atoms with van der Waals surface area (Å²) < 4.78 is 10.3. The molecule has 2 aromatic carbocycles. The molecule has 0 fully saturated rings. The summed E-state index contributed by atoms with van der Waals surface area (Å²) in [7, 11) is 1.65. The van der Waals surface area contributed by atoms with E-state index < -0.39 is 6.49 Å². The summed E-state index contributed by atoms with van der Waals surface area (Å²) in [6, 6.07) is 17.1. The maximum atomic E-state index is 9.82. The van der Waals surface area contributed by atoms with Crippen LogP contribution in [0.3, 0.4) is 0 Å². The van der Waals surface area contributed by atoms with Gasteiger partial charge in [-0.15, -0.1) is 0 Å². The molecule has 0 aliphatic carbocycles. The molecule has 4 nitrogen and oxygen atoms in total. The van der Waals surface area contributed by atoms with E-state index in [1.165, 1.54) is 0 Å². The fraction of sp³-hybridized carbons (Fsp3) is 0.333. The van der Waals surface area contributed by atoms with Gasteiger partial charge in [-0.25, -0.2) is 0 Å². The van der Waals surface area contributed by atoms with Gasteiger partial charge in [-0.3, -0.25) is 0 Å². The second kappa shape index (κ2) is 10.6. The molecule has 3 N–H and O–H groups in total. The van der Waals surface area contributed by atoms with Crippen molar-refractivity contribution < 1.29 is 14.2 Å². The highest BCUT2D eigenvalue weighted by Gasteiger charge is 2.15. The van der Waals surface area contributed by atoms with E-state index in [1.54, 1.807) is 19.2 Å². The van der Waals surface area contributed by atoms with Crippen LogP contribution in [0.1, 0.15) is 31.9 Å². The van der Waals surface area contributed by atoms with Crippen molar-refractivity contribution in [2.24, 2.45) is 5.73 Å². The molecule has 0 amide bonds. The molecule has 2 aromatic rings. The predicted octanol–water partition coefficient (Wildman–Crippen LogP) is 3.76. The first kappa shape index (κ1) is 20.8. The molecule has 0 aromatic heterocycles. The van der Waals surface area contributed by atoms with E-state index in [4.69, 9.17) is 26.8 Å². The maximum Gasteiger partial charge on any atom is 0.216 e. The summed E-state index contributed by atoms with van der Waals surface area (Å²) in [5, 5.41) is 0.721. The van der Waals surface area contributed by atoms with Crippen molar-refractivity contribution in [1.29, 1.82) is 0 Å². The lowest BCUT2D eigenvalue weighted by Crippen LogP contribution is -2.06. The molecular formula is C18H26NO3PS. The van der Waals surface area contributed by atoms with Gasteiger partial charge >= 0.3 is 0 Å². The number of hydrogen-bond donors (Lipinski definition) is 2. The van der Waals surface area contributed by atoms with Crippen LogP contribution in [-0.4, -0.2) is 18.6 Å². The van der Waals surface area contributed by atoms with Crippen molar-refractivity contribution in [3.05, 3.63) is 60.2 Å². The molecule has 24 heavy (non-hydrogen) atoms. The normalized spacial score (nSPS) is 14.0. The predicted molar refractivity (Wildman–Crippen MR) is 104 cm³/mol. The van der Waals surface area contributed by atoms with Crippen LogP contribution in [-0.2, 0) is 16.3 Å². The Morgan fingerprint density at radius 2 is 1.71 bits per heavy atom. The Balaban J connectivity index is 0.000000243. The molecule has 0 bridgehead atoms. The third kappa shape index (κ3) is 7.12. The minimum atomic E-state index is -2.73. The van der Waals surface area contributed by atoms with Gasteiger partial charge in [0.25, 0.3) is 0 Å². The molecule has 132 valence electrons. The molecule has 0 saturated heterocycles. The van der Waals surface area contributed by atoms with Gasteiger partial charge in [0.15, 0.2) is 0 Å². The van der Waals surface area contributed by atoms with Crippen LogP contribution < -0.4 is 15.8 Å². The number of benzene rings is 2. The summed E-state index contributed by atoms with van der Waals surface area (Å²) in [5.74, 6) is 0.870. The lowest BCUT2D eigenvalue weighted by molar-refractivity contribution is 0.314. The number of rotatable bonds is 6. The molecule has 0 radical (unpaired) electrons. The quantitative estimate of drug-likeness (QED) is 0.761. The van der Waals surface area contributed by atoms with E-state index in [9.17, 15) is 4.89 Å². The molecule has 1 unspecified atom stereocenters. The third-order valence-electron chi connectivity index (χ3n) is 3.19. The average molecular weight is 367 g/mol. The van der Waals surface area contributed by atoms with E-state index in [0.29, 0.717) is 6.61 Å². The monoisotopic (exact) mass is 367 g/mol. The molecule has 6 heteroatoms. The van der Waals surface area contributed by atoms with Crippen LogP contribution in [0.25, 0.3) is 0 Å². The zero-order chi connectivity index (χ0) is 18.0. The van der Waals surface area contributed by atoms with E-state index >= 15 is 0 Å². The largest absolute Gasteiger partial charge is 0.497 e.